The molecule has 1 heterocycles. The third kappa shape index (κ3) is 2.94. The number of hydrogen-bond acceptors (Lipinski definition) is 1. The van der Waals surface area contributed by atoms with Gasteiger partial charge in [0.05, 0.1) is 0 Å². The van der Waals surface area contributed by atoms with Crippen LogP contribution in [0.3, 0.4) is 0 Å². The molecule has 2 aromatic rings. The molecule has 0 atom stereocenters. The van der Waals surface area contributed by atoms with E-state index in [1.165, 1.54) is 35.2 Å². The molecule has 104 valence electrons. The average molecular weight is 265 g/mol. The second-order valence-corrected chi connectivity index (χ2v) is 6.13. The van der Waals surface area contributed by atoms with Crippen LogP contribution in [0.1, 0.15) is 42.0 Å². The summed E-state index contributed by atoms with van der Waals surface area (Å²) in [6, 6.07) is 18.0. The number of hydrogen-bond donors (Lipinski definition) is 0. The molecule has 0 bridgehead atoms. The molecule has 0 amide bonds. The first-order valence-corrected chi connectivity index (χ1v) is 7.60. The van der Waals surface area contributed by atoms with Gasteiger partial charge in [-0.15, -0.1) is 0 Å². The number of benzene rings is 2. The van der Waals surface area contributed by atoms with Crippen LogP contribution in [0.4, 0.5) is 0 Å². The highest BCUT2D eigenvalue weighted by molar-refractivity contribution is 5.30. The molecular weight excluding hydrogens is 242 g/mol. The molecule has 0 spiro atoms. The van der Waals surface area contributed by atoms with E-state index in [1.54, 1.807) is 0 Å². The molecule has 0 N–H and O–H groups in total. The standard InChI is InChI=1S/C19H23N/c1-15(2)17-9-7-16(8-10-17)13-20-12-11-18-5-3-4-6-19(18)14-20/h3-10,15H,11-14H2,1-2H3. The van der Waals surface area contributed by atoms with Crippen molar-refractivity contribution in [3.63, 3.8) is 0 Å². The lowest BCUT2D eigenvalue weighted by atomic mass is 9.98. The first-order valence-electron chi connectivity index (χ1n) is 7.60. The molecule has 2 aromatic carbocycles. The second kappa shape index (κ2) is 5.80. The van der Waals surface area contributed by atoms with Gasteiger partial charge in [0.15, 0.2) is 0 Å². The van der Waals surface area contributed by atoms with Gasteiger partial charge in [-0.3, -0.25) is 4.90 Å². The van der Waals surface area contributed by atoms with Crippen LogP contribution in [0.2, 0.25) is 0 Å². The Hall–Kier alpha value is -1.60. The van der Waals surface area contributed by atoms with E-state index in [0.717, 1.165) is 13.1 Å². The van der Waals surface area contributed by atoms with Crippen LogP contribution >= 0.6 is 0 Å². The summed E-state index contributed by atoms with van der Waals surface area (Å²) in [5.41, 5.74) is 5.88. The SMILES string of the molecule is CC(C)c1ccc(CN2CCc3ccccc3C2)cc1. The van der Waals surface area contributed by atoms with Crippen molar-refractivity contribution < 1.29 is 0 Å². The third-order valence-electron chi connectivity index (χ3n) is 4.26. The molecule has 3 rings (SSSR count). The molecular formula is C19H23N. The zero-order valence-electron chi connectivity index (χ0n) is 12.5. The van der Waals surface area contributed by atoms with E-state index in [2.05, 4.69) is 67.3 Å². The zero-order valence-corrected chi connectivity index (χ0v) is 12.5. The van der Waals surface area contributed by atoms with Crippen molar-refractivity contribution in [1.29, 1.82) is 0 Å². The highest BCUT2D eigenvalue weighted by Gasteiger charge is 2.15. The van der Waals surface area contributed by atoms with Gasteiger partial charge in [0, 0.05) is 19.6 Å². The minimum Gasteiger partial charge on any atom is -0.294 e. The Kier molecular flexibility index (Phi) is 3.88. The first-order chi connectivity index (χ1) is 9.72. The molecule has 0 saturated heterocycles. The lowest BCUT2D eigenvalue weighted by Gasteiger charge is -2.28. The van der Waals surface area contributed by atoms with Gasteiger partial charge in [-0.1, -0.05) is 62.4 Å². The molecule has 1 aliphatic rings. The van der Waals surface area contributed by atoms with Gasteiger partial charge in [0.2, 0.25) is 0 Å². The van der Waals surface area contributed by atoms with Crippen LogP contribution in [0.5, 0.6) is 0 Å². The van der Waals surface area contributed by atoms with Gasteiger partial charge in [-0.2, -0.15) is 0 Å². The molecule has 1 heteroatoms. The van der Waals surface area contributed by atoms with E-state index in [9.17, 15) is 0 Å². The molecule has 20 heavy (non-hydrogen) atoms. The van der Waals surface area contributed by atoms with Crippen LogP contribution in [0.25, 0.3) is 0 Å². The molecule has 0 aliphatic carbocycles. The normalized spacial score (nSPS) is 15.3. The zero-order chi connectivity index (χ0) is 13.9. The number of fused-ring (bicyclic) bond motifs is 1. The Morgan fingerprint density at radius 1 is 0.950 bits per heavy atom. The van der Waals surface area contributed by atoms with Gasteiger partial charge in [0.25, 0.3) is 0 Å². The van der Waals surface area contributed by atoms with Crippen molar-refractivity contribution >= 4 is 0 Å². The monoisotopic (exact) mass is 265 g/mol. The Morgan fingerprint density at radius 3 is 2.35 bits per heavy atom. The second-order valence-electron chi connectivity index (χ2n) is 6.13. The summed E-state index contributed by atoms with van der Waals surface area (Å²) < 4.78 is 0. The van der Waals surface area contributed by atoms with Gasteiger partial charge >= 0.3 is 0 Å². The minimum atomic E-state index is 0.617. The summed E-state index contributed by atoms with van der Waals surface area (Å²) in [5.74, 6) is 0.617. The maximum Gasteiger partial charge on any atom is 0.0240 e. The summed E-state index contributed by atoms with van der Waals surface area (Å²) in [6.45, 7) is 7.81. The molecule has 0 fully saturated rings. The van der Waals surface area contributed by atoms with Crippen molar-refractivity contribution in [2.24, 2.45) is 0 Å². The van der Waals surface area contributed by atoms with E-state index < -0.39 is 0 Å². The maximum absolute atomic E-state index is 2.55. The van der Waals surface area contributed by atoms with Gasteiger partial charge in [-0.05, 0) is 34.6 Å². The fourth-order valence-electron chi connectivity index (χ4n) is 2.96. The molecule has 0 saturated carbocycles. The minimum absolute atomic E-state index is 0.617. The highest BCUT2D eigenvalue weighted by Crippen LogP contribution is 2.21. The molecule has 1 aliphatic heterocycles. The summed E-state index contributed by atoms with van der Waals surface area (Å²) in [4.78, 5) is 2.55. The summed E-state index contributed by atoms with van der Waals surface area (Å²) in [5, 5.41) is 0. The maximum atomic E-state index is 2.55. The summed E-state index contributed by atoms with van der Waals surface area (Å²) in [7, 11) is 0. The van der Waals surface area contributed by atoms with Crippen molar-refractivity contribution in [3.05, 3.63) is 70.8 Å². The van der Waals surface area contributed by atoms with E-state index in [-0.39, 0.29) is 0 Å². The molecule has 0 aromatic heterocycles. The first kappa shape index (κ1) is 13.4. The van der Waals surface area contributed by atoms with Crippen LogP contribution in [-0.4, -0.2) is 11.4 Å². The van der Waals surface area contributed by atoms with Crippen LogP contribution < -0.4 is 0 Å². The van der Waals surface area contributed by atoms with Gasteiger partial charge in [0.1, 0.15) is 0 Å². The number of nitrogens with zero attached hydrogens (tertiary/aromatic N) is 1. The van der Waals surface area contributed by atoms with E-state index in [0.29, 0.717) is 5.92 Å². The van der Waals surface area contributed by atoms with E-state index in [4.69, 9.17) is 0 Å². The largest absolute Gasteiger partial charge is 0.294 e. The third-order valence-corrected chi connectivity index (χ3v) is 4.26. The van der Waals surface area contributed by atoms with Crippen LogP contribution in [0.15, 0.2) is 48.5 Å². The summed E-state index contributed by atoms with van der Waals surface area (Å²) >= 11 is 0. The van der Waals surface area contributed by atoms with Crippen molar-refractivity contribution in [1.82, 2.24) is 4.90 Å². The number of rotatable bonds is 3. The van der Waals surface area contributed by atoms with Crippen LogP contribution in [-0.2, 0) is 19.5 Å². The lowest BCUT2D eigenvalue weighted by Crippen LogP contribution is -2.29. The molecule has 0 unspecified atom stereocenters. The fraction of sp³-hybridized carbons (Fsp3) is 0.368. The topological polar surface area (TPSA) is 3.24 Å². The predicted molar refractivity (Wildman–Crippen MR) is 84.8 cm³/mol. The Labute approximate surface area is 122 Å². The van der Waals surface area contributed by atoms with E-state index in [1.807, 2.05) is 0 Å². The van der Waals surface area contributed by atoms with E-state index >= 15 is 0 Å². The Morgan fingerprint density at radius 2 is 1.65 bits per heavy atom. The van der Waals surface area contributed by atoms with Crippen molar-refractivity contribution in [3.8, 4) is 0 Å². The van der Waals surface area contributed by atoms with Crippen molar-refractivity contribution in [2.45, 2.75) is 39.3 Å². The Balaban J connectivity index is 1.67. The van der Waals surface area contributed by atoms with Crippen LogP contribution in [0, 0.1) is 0 Å². The molecule has 0 radical (unpaired) electrons. The quantitative estimate of drug-likeness (QED) is 0.796. The van der Waals surface area contributed by atoms with Gasteiger partial charge < -0.3 is 0 Å². The smallest absolute Gasteiger partial charge is 0.0240 e. The summed E-state index contributed by atoms with van der Waals surface area (Å²) in [6.07, 6.45) is 1.18. The van der Waals surface area contributed by atoms with Gasteiger partial charge in [-0.25, -0.2) is 0 Å². The average Bonchev–Trinajstić information content (AvgIpc) is 2.48. The Bertz CT molecular complexity index is 569. The predicted octanol–water partition coefficient (Wildman–Crippen LogP) is 4.37. The fourth-order valence-corrected chi connectivity index (χ4v) is 2.96. The van der Waals surface area contributed by atoms with Crippen molar-refractivity contribution in [2.75, 3.05) is 6.54 Å². The molecule has 1 nitrogen and oxygen atoms in total. The lowest BCUT2D eigenvalue weighted by molar-refractivity contribution is 0.245. The highest BCUT2D eigenvalue weighted by atomic mass is 15.1.